The molecule has 12 heteroatoms. The smallest absolute Gasteiger partial charge is 0.329 e. The fraction of sp³-hybridized carbons (Fsp3) is 0.766. The fourth-order valence-electron chi connectivity index (χ4n) is 10.2. The lowest BCUT2D eigenvalue weighted by Crippen LogP contribution is -2.64. The molecule has 0 spiro atoms. The zero-order chi connectivity index (χ0) is 43.8. The van der Waals surface area contributed by atoms with Gasteiger partial charge in [0.2, 0.25) is 5.79 Å². The first kappa shape index (κ1) is 48.6. The summed E-state index contributed by atoms with van der Waals surface area (Å²) in [6.45, 7) is 15.6. The van der Waals surface area contributed by atoms with Gasteiger partial charge < -0.3 is 33.9 Å². The van der Waals surface area contributed by atoms with Crippen LogP contribution in [0, 0.1) is 35.5 Å². The van der Waals surface area contributed by atoms with Crippen LogP contribution in [0.4, 0.5) is 0 Å². The molecule has 59 heavy (non-hydrogen) atoms. The van der Waals surface area contributed by atoms with Gasteiger partial charge >= 0.3 is 5.97 Å². The van der Waals surface area contributed by atoms with E-state index in [1.54, 1.807) is 27.2 Å². The van der Waals surface area contributed by atoms with Crippen LogP contribution in [0.25, 0.3) is 0 Å². The van der Waals surface area contributed by atoms with Crippen LogP contribution in [0.5, 0.6) is 0 Å². The Labute approximate surface area is 353 Å². The van der Waals surface area contributed by atoms with Gasteiger partial charge in [-0.2, -0.15) is 0 Å². The third-order valence-electron chi connectivity index (χ3n) is 13.7. The van der Waals surface area contributed by atoms with Gasteiger partial charge in [-0.05, 0) is 116 Å². The van der Waals surface area contributed by atoms with Crippen molar-refractivity contribution in [3.8, 4) is 0 Å². The van der Waals surface area contributed by atoms with Crippen molar-refractivity contribution < 1.29 is 48.0 Å². The molecule has 1 aliphatic carbocycles. The summed E-state index contributed by atoms with van der Waals surface area (Å²) in [7, 11) is 7.08. The molecule has 2 saturated heterocycles. The van der Waals surface area contributed by atoms with Gasteiger partial charge in [-0.1, -0.05) is 51.5 Å². The maximum Gasteiger partial charge on any atom is 0.329 e. The van der Waals surface area contributed by atoms with Gasteiger partial charge in [-0.15, -0.1) is 6.58 Å². The average molecular weight is 827 g/mol. The van der Waals surface area contributed by atoms with Gasteiger partial charge in [0, 0.05) is 56.9 Å². The minimum absolute atomic E-state index is 0.0773. The fourth-order valence-corrected chi connectivity index (χ4v) is 10.2. The van der Waals surface area contributed by atoms with Crippen molar-refractivity contribution in [2.45, 2.75) is 161 Å². The number of methoxy groups -OCH3 is 2. The number of cyclic esters (lactones) is 1. The molecule has 1 amide bonds. The molecule has 4 aliphatic rings. The predicted molar refractivity (Wildman–Crippen MR) is 226 cm³/mol. The third-order valence-corrected chi connectivity index (χ3v) is 13.7. The molecule has 12 nitrogen and oxygen atoms in total. The number of amides is 1. The van der Waals surface area contributed by atoms with E-state index in [2.05, 4.69) is 24.5 Å². The number of fused-ring (bicyclic) bond motifs is 3. The molecule has 0 aromatic carbocycles. The minimum Gasteiger partial charge on any atom is -0.456 e. The predicted octanol–water partition coefficient (Wildman–Crippen LogP) is 6.43. The van der Waals surface area contributed by atoms with E-state index in [0.717, 1.165) is 12.0 Å². The van der Waals surface area contributed by atoms with Crippen molar-refractivity contribution in [1.29, 1.82) is 0 Å². The molecule has 13 atom stereocenters. The number of allylic oxidation sites excluding steroid dienone is 4. The lowest BCUT2D eigenvalue weighted by atomic mass is 9.74. The summed E-state index contributed by atoms with van der Waals surface area (Å²) in [5, 5.41) is 12.1. The first-order valence-corrected chi connectivity index (χ1v) is 22.1. The number of ether oxygens (including phenoxy) is 4. The summed E-state index contributed by atoms with van der Waals surface area (Å²) in [5.74, 6) is -6.96. The molecule has 1 saturated carbocycles. The average Bonchev–Trinajstić information content (AvgIpc) is 3.21. The summed E-state index contributed by atoms with van der Waals surface area (Å²) in [4.78, 5) is 74.1. The van der Waals surface area contributed by atoms with E-state index in [1.807, 2.05) is 47.9 Å². The van der Waals surface area contributed by atoms with Gasteiger partial charge in [-0.3, -0.25) is 19.2 Å². The number of carbonyl (C=O) groups excluding carboxylic acids is 5. The number of ketones is 3. The molecule has 332 valence electrons. The summed E-state index contributed by atoms with van der Waals surface area (Å²) in [6, 6.07) is -0.983. The van der Waals surface area contributed by atoms with Crippen LogP contribution in [0.2, 0.25) is 0 Å². The summed E-state index contributed by atoms with van der Waals surface area (Å²) < 4.78 is 24.4. The number of piperidine rings is 1. The van der Waals surface area contributed by atoms with Gasteiger partial charge in [0.25, 0.3) is 11.7 Å². The Morgan fingerprint density at radius 3 is 2.32 bits per heavy atom. The second kappa shape index (κ2) is 21.7. The molecular weight excluding hydrogens is 753 g/mol. The Kier molecular flexibility index (Phi) is 17.9. The van der Waals surface area contributed by atoms with Crippen molar-refractivity contribution in [2.24, 2.45) is 35.5 Å². The van der Waals surface area contributed by atoms with Crippen LogP contribution < -0.4 is 0 Å². The molecule has 2 bridgehead atoms. The van der Waals surface area contributed by atoms with E-state index in [-0.39, 0.29) is 73.0 Å². The summed E-state index contributed by atoms with van der Waals surface area (Å²) in [5.41, 5.74) is 1.78. The highest BCUT2D eigenvalue weighted by Gasteiger charge is 2.56. The number of aliphatic hydroxyl groups is 1. The van der Waals surface area contributed by atoms with Crippen LogP contribution in [-0.2, 0) is 42.9 Å². The number of nitrogens with zero attached hydrogens (tertiary/aromatic N) is 2. The number of carbonyl (C=O) groups is 5. The van der Waals surface area contributed by atoms with Crippen molar-refractivity contribution in [2.75, 3.05) is 34.9 Å². The highest BCUT2D eigenvalue weighted by molar-refractivity contribution is 6.39. The van der Waals surface area contributed by atoms with E-state index >= 15 is 0 Å². The van der Waals surface area contributed by atoms with Crippen molar-refractivity contribution in [1.82, 2.24) is 9.80 Å². The summed E-state index contributed by atoms with van der Waals surface area (Å²) >= 11 is 0. The summed E-state index contributed by atoms with van der Waals surface area (Å²) in [6.07, 6.45) is 9.30. The Hall–Kier alpha value is -3.03. The van der Waals surface area contributed by atoms with Crippen LogP contribution in [-0.4, -0.2) is 121 Å². The number of esters is 1. The van der Waals surface area contributed by atoms with E-state index < -0.39 is 59.8 Å². The normalized spacial score (nSPS) is 38.0. The maximum absolute atomic E-state index is 14.4. The van der Waals surface area contributed by atoms with Gasteiger partial charge in [0.05, 0.1) is 12.2 Å². The van der Waals surface area contributed by atoms with E-state index in [9.17, 15) is 29.1 Å². The SMILES string of the molecule is C=CCC1C(=O)C(C=C(C)C2OC(=O)C3CCCCN3C(=O)C(=O)C3(O)OC(C(OC)CC(C)CC(C)=CC(CC)C(=O)CCC2C)C(OC)CC3C)CCC1N(C)C. The molecule has 1 N–H and O–H groups in total. The Bertz CT molecular complexity index is 1570. The molecule has 3 aliphatic heterocycles. The highest BCUT2D eigenvalue weighted by Crippen LogP contribution is 2.39. The molecule has 13 unspecified atom stereocenters. The van der Waals surface area contributed by atoms with Crippen LogP contribution in [0.15, 0.2) is 36.0 Å². The lowest BCUT2D eigenvalue weighted by Gasteiger charge is -2.47. The van der Waals surface area contributed by atoms with Crippen LogP contribution >= 0.6 is 0 Å². The van der Waals surface area contributed by atoms with Crippen molar-refractivity contribution in [3.63, 3.8) is 0 Å². The Morgan fingerprint density at radius 1 is 1.02 bits per heavy atom. The highest BCUT2D eigenvalue weighted by atomic mass is 16.7. The van der Waals surface area contributed by atoms with E-state index in [0.29, 0.717) is 56.9 Å². The molecule has 4 rings (SSSR count). The zero-order valence-corrected chi connectivity index (χ0v) is 37.6. The first-order valence-electron chi connectivity index (χ1n) is 22.1. The zero-order valence-electron chi connectivity index (χ0n) is 37.6. The first-order chi connectivity index (χ1) is 27.9. The standard InChI is InChI=1S/C47H74N2O10/c1-12-16-35-36(48(8)9)20-19-34(41(35)51)26-31(6)42-30(5)18-21-38(50)33(13-2)24-28(3)23-29(4)25-39(56-10)43-40(57-11)27-32(7)47(55,59-43)44(52)45(53)49-22-15-14-17-37(49)46(54)58-42/h12,24,26,29-30,32-37,39-40,42-43,55H,1,13-23,25,27H2,2-11H3. The molecule has 3 heterocycles. The van der Waals surface area contributed by atoms with Crippen molar-refractivity contribution >= 4 is 29.2 Å². The molecule has 0 aromatic heterocycles. The van der Waals surface area contributed by atoms with E-state index in [4.69, 9.17) is 18.9 Å². The molecular formula is C47H74N2O10. The number of Topliss-reactive ketones (excluding diaryl/α,β-unsaturated/α-hetero) is 3. The second-order valence-electron chi connectivity index (χ2n) is 18.4. The number of hydrogen-bond acceptors (Lipinski definition) is 11. The maximum atomic E-state index is 14.4. The van der Waals surface area contributed by atoms with Gasteiger partial charge in [-0.25, -0.2) is 4.79 Å². The minimum atomic E-state index is -2.48. The Morgan fingerprint density at radius 2 is 1.69 bits per heavy atom. The lowest BCUT2D eigenvalue weighted by molar-refractivity contribution is -0.302. The second-order valence-corrected chi connectivity index (χ2v) is 18.4. The topological polar surface area (TPSA) is 149 Å². The Balaban J connectivity index is 1.75. The quantitative estimate of drug-likeness (QED) is 0.164. The van der Waals surface area contributed by atoms with E-state index in [1.165, 1.54) is 4.90 Å². The molecule has 0 radical (unpaired) electrons. The van der Waals surface area contributed by atoms with Crippen LogP contribution in [0.3, 0.4) is 0 Å². The third kappa shape index (κ3) is 11.5. The molecule has 0 aromatic rings. The monoisotopic (exact) mass is 827 g/mol. The molecule has 3 fully saturated rings. The largest absolute Gasteiger partial charge is 0.456 e. The van der Waals surface area contributed by atoms with Gasteiger partial charge in [0.1, 0.15) is 29.8 Å². The number of rotatable bonds is 8. The van der Waals surface area contributed by atoms with Crippen molar-refractivity contribution in [3.05, 3.63) is 36.0 Å². The number of hydrogen-bond donors (Lipinski definition) is 1. The van der Waals surface area contributed by atoms with Gasteiger partial charge in [0.15, 0.2) is 0 Å². The van der Waals surface area contributed by atoms with Crippen LogP contribution in [0.1, 0.15) is 119 Å².